The van der Waals surface area contributed by atoms with Crippen LogP contribution >= 0.6 is 11.6 Å². The summed E-state index contributed by atoms with van der Waals surface area (Å²) in [4.78, 5) is 3.47. The Morgan fingerprint density at radius 1 is 1.17 bits per heavy atom. The quantitative estimate of drug-likeness (QED) is 0.619. The van der Waals surface area contributed by atoms with E-state index in [2.05, 4.69) is 4.98 Å². The lowest BCUT2D eigenvalue weighted by atomic mass is 9.99. The Hall–Kier alpha value is -1.84. The molecule has 0 unspecified atom stereocenters. The molecule has 0 bridgehead atoms. The number of hydrogen-bond acceptors (Lipinski definition) is 1. The van der Waals surface area contributed by atoms with Crippen molar-refractivity contribution in [3.63, 3.8) is 0 Å². The lowest BCUT2D eigenvalue weighted by Crippen LogP contribution is -1.99. The molecular weight excluding hydrogens is 311 g/mol. The molecule has 23 heavy (non-hydrogen) atoms. The number of hydrogen-bond donors (Lipinski definition) is 2. The van der Waals surface area contributed by atoms with Crippen LogP contribution in [0.25, 0.3) is 22.2 Å². The van der Waals surface area contributed by atoms with Crippen LogP contribution in [0.1, 0.15) is 24.0 Å². The molecule has 120 valence electrons. The number of nitrogens with two attached hydrogens (primary N) is 1. The Morgan fingerprint density at radius 2 is 2.00 bits per heavy atom. The van der Waals surface area contributed by atoms with Gasteiger partial charge in [0.1, 0.15) is 5.82 Å². The lowest BCUT2D eigenvalue weighted by Gasteiger charge is -2.06. The molecule has 3 rings (SSSR count). The van der Waals surface area contributed by atoms with E-state index in [9.17, 15) is 4.39 Å². The van der Waals surface area contributed by atoms with Crippen molar-refractivity contribution in [2.75, 3.05) is 6.54 Å². The van der Waals surface area contributed by atoms with Crippen LogP contribution in [0.15, 0.2) is 36.4 Å². The van der Waals surface area contributed by atoms with E-state index in [4.69, 9.17) is 17.3 Å². The smallest absolute Gasteiger partial charge is 0.123 e. The lowest BCUT2D eigenvalue weighted by molar-refractivity contribution is 0.628. The third-order valence-corrected chi connectivity index (χ3v) is 4.39. The highest BCUT2D eigenvalue weighted by Crippen LogP contribution is 2.35. The number of halogens is 2. The van der Waals surface area contributed by atoms with Crippen molar-refractivity contribution >= 4 is 22.5 Å². The van der Waals surface area contributed by atoms with Gasteiger partial charge in [0.25, 0.3) is 0 Å². The van der Waals surface area contributed by atoms with Crippen LogP contribution < -0.4 is 5.73 Å². The number of unbranched alkanes of at least 4 members (excludes halogenated alkanes) is 1. The van der Waals surface area contributed by atoms with Crippen molar-refractivity contribution in [2.45, 2.75) is 26.2 Å². The summed E-state index contributed by atoms with van der Waals surface area (Å²) in [5, 5.41) is 1.84. The van der Waals surface area contributed by atoms with E-state index in [1.807, 2.05) is 25.1 Å². The molecule has 0 aliphatic carbocycles. The number of aromatic nitrogens is 1. The molecule has 2 aromatic carbocycles. The van der Waals surface area contributed by atoms with E-state index >= 15 is 0 Å². The van der Waals surface area contributed by atoms with Gasteiger partial charge < -0.3 is 10.7 Å². The molecule has 1 aromatic heterocycles. The van der Waals surface area contributed by atoms with Gasteiger partial charge in [0.2, 0.25) is 0 Å². The molecular formula is C19H20ClFN2. The first-order valence-electron chi connectivity index (χ1n) is 7.87. The number of rotatable bonds is 5. The van der Waals surface area contributed by atoms with E-state index in [-0.39, 0.29) is 5.82 Å². The Morgan fingerprint density at radius 3 is 2.74 bits per heavy atom. The van der Waals surface area contributed by atoms with Gasteiger partial charge in [0.15, 0.2) is 0 Å². The average molecular weight is 331 g/mol. The zero-order valence-electron chi connectivity index (χ0n) is 13.1. The SMILES string of the molecule is Cc1cc(Cl)cc2c(CCCCN)c(-c3cccc(F)c3)[nH]c12. The Balaban J connectivity index is 2.19. The summed E-state index contributed by atoms with van der Waals surface area (Å²) >= 11 is 6.24. The maximum atomic E-state index is 13.6. The molecule has 2 nitrogen and oxygen atoms in total. The first kappa shape index (κ1) is 16.0. The highest BCUT2D eigenvalue weighted by molar-refractivity contribution is 6.31. The van der Waals surface area contributed by atoms with Gasteiger partial charge in [0.05, 0.1) is 0 Å². The fourth-order valence-corrected chi connectivity index (χ4v) is 3.35. The number of H-pyrrole nitrogens is 1. The van der Waals surface area contributed by atoms with Crippen LogP contribution in [-0.2, 0) is 6.42 Å². The highest BCUT2D eigenvalue weighted by Gasteiger charge is 2.15. The van der Waals surface area contributed by atoms with Gasteiger partial charge in [-0.05, 0) is 68.1 Å². The minimum absolute atomic E-state index is 0.233. The van der Waals surface area contributed by atoms with Crippen molar-refractivity contribution in [1.82, 2.24) is 4.98 Å². The monoisotopic (exact) mass is 330 g/mol. The minimum Gasteiger partial charge on any atom is -0.354 e. The molecule has 0 saturated carbocycles. The fraction of sp³-hybridized carbons (Fsp3) is 0.263. The van der Waals surface area contributed by atoms with E-state index in [0.29, 0.717) is 6.54 Å². The molecule has 4 heteroatoms. The van der Waals surface area contributed by atoms with Gasteiger partial charge in [-0.25, -0.2) is 4.39 Å². The fourth-order valence-electron chi connectivity index (χ4n) is 3.08. The second-order valence-corrected chi connectivity index (χ2v) is 6.32. The molecule has 0 amide bonds. The summed E-state index contributed by atoms with van der Waals surface area (Å²) in [6.45, 7) is 2.71. The van der Waals surface area contributed by atoms with E-state index < -0.39 is 0 Å². The van der Waals surface area contributed by atoms with Gasteiger partial charge in [-0.2, -0.15) is 0 Å². The second kappa shape index (κ2) is 6.73. The van der Waals surface area contributed by atoms with Crippen LogP contribution in [0, 0.1) is 12.7 Å². The summed E-state index contributed by atoms with van der Waals surface area (Å²) in [5.41, 5.74) is 10.8. The molecule has 0 aliphatic heterocycles. The molecule has 1 heterocycles. The van der Waals surface area contributed by atoms with Crippen LogP contribution in [0.3, 0.4) is 0 Å². The Kier molecular flexibility index (Phi) is 4.69. The highest BCUT2D eigenvalue weighted by atomic mass is 35.5. The molecule has 0 radical (unpaired) electrons. The summed E-state index contributed by atoms with van der Waals surface area (Å²) in [6.07, 6.45) is 2.86. The van der Waals surface area contributed by atoms with Gasteiger partial charge in [-0.1, -0.05) is 23.7 Å². The van der Waals surface area contributed by atoms with Gasteiger partial charge >= 0.3 is 0 Å². The van der Waals surface area contributed by atoms with Crippen molar-refractivity contribution in [3.05, 3.63) is 58.4 Å². The van der Waals surface area contributed by atoms with Gasteiger partial charge in [-0.15, -0.1) is 0 Å². The maximum Gasteiger partial charge on any atom is 0.123 e. The third-order valence-electron chi connectivity index (χ3n) is 4.17. The van der Waals surface area contributed by atoms with E-state index in [1.165, 1.54) is 11.6 Å². The molecule has 3 aromatic rings. The summed E-state index contributed by atoms with van der Waals surface area (Å²) in [7, 11) is 0. The molecule has 0 atom stereocenters. The number of aromatic amines is 1. The van der Waals surface area contributed by atoms with Crippen molar-refractivity contribution in [1.29, 1.82) is 0 Å². The van der Waals surface area contributed by atoms with E-state index in [0.717, 1.165) is 52.0 Å². The zero-order valence-corrected chi connectivity index (χ0v) is 13.9. The molecule has 0 saturated heterocycles. The molecule has 3 N–H and O–H groups in total. The van der Waals surface area contributed by atoms with Crippen LogP contribution in [0.4, 0.5) is 4.39 Å². The summed E-state index contributed by atoms with van der Waals surface area (Å²) in [6, 6.07) is 10.6. The number of nitrogens with one attached hydrogen (secondary N) is 1. The van der Waals surface area contributed by atoms with Crippen LogP contribution in [0.5, 0.6) is 0 Å². The van der Waals surface area contributed by atoms with Crippen molar-refractivity contribution in [3.8, 4) is 11.3 Å². The molecule has 0 spiro atoms. The van der Waals surface area contributed by atoms with Gasteiger partial charge in [-0.3, -0.25) is 0 Å². The zero-order chi connectivity index (χ0) is 16.4. The first-order chi connectivity index (χ1) is 11.1. The normalized spacial score (nSPS) is 11.3. The van der Waals surface area contributed by atoms with Crippen LogP contribution in [-0.4, -0.2) is 11.5 Å². The topological polar surface area (TPSA) is 41.8 Å². The minimum atomic E-state index is -0.233. The molecule has 0 aliphatic rings. The third kappa shape index (κ3) is 3.26. The summed E-state index contributed by atoms with van der Waals surface area (Å²) in [5.74, 6) is -0.233. The first-order valence-corrected chi connectivity index (χ1v) is 8.24. The Labute approximate surface area is 140 Å². The predicted molar refractivity (Wildman–Crippen MR) is 95.4 cm³/mol. The second-order valence-electron chi connectivity index (χ2n) is 5.88. The van der Waals surface area contributed by atoms with E-state index in [1.54, 1.807) is 12.1 Å². The Bertz CT molecular complexity index is 839. The van der Waals surface area contributed by atoms with Crippen LogP contribution in [0.2, 0.25) is 5.02 Å². The van der Waals surface area contributed by atoms with Crippen molar-refractivity contribution in [2.24, 2.45) is 5.73 Å². The standard InChI is InChI=1S/C19H20ClFN2/c1-12-9-14(20)11-17-16(7-2-3-8-22)19(23-18(12)17)13-5-4-6-15(21)10-13/h4-6,9-11,23H,2-3,7-8,22H2,1H3. The summed E-state index contributed by atoms with van der Waals surface area (Å²) < 4.78 is 13.6. The maximum absolute atomic E-state index is 13.6. The predicted octanol–water partition coefficient (Wildman–Crippen LogP) is 5.22. The number of fused-ring (bicyclic) bond motifs is 1. The number of aryl methyl sites for hydroxylation is 2. The largest absolute Gasteiger partial charge is 0.354 e. The molecule has 0 fully saturated rings. The van der Waals surface area contributed by atoms with Crippen molar-refractivity contribution < 1.29 is 4.39 Å². The number of benzene rings is 2. The average Bonchev–Trinajstić information content (AvgIpc) is 2.87. The van der Waals surface area contributed by atoms with Gasteiger partial charge in [0, 0.05) is 27.2 Å².